The quantitative estimate of drug-likeness (QED) is 0.302. The molecule has 116 valence electrons. The van der Waals surface area contributed by atoms with Crippen LogP contribution in [-0.4, -0.2) is 57.1 Å². The molecule has 0 aromatic carbocycles. The highest BCUT2D eigenvalue weighted by molar-refractivity contribution is 5.88. The van der Waals surface area contributed by atoms with Gasteiger partial charge in [-0.05, 0) is 19.3 Å². The average molecular weight is 292 g/mol. The Kier molecular flexibility index (Phi) is 8.49. The van der Waals surface area contributed by atoms with Crippen LogP contribution in [-0.2, 0) is 19.1 Å². The van der Waals surface area contributed by atoms with Crippen LogP contribution in [0.2, 0.25) is 0 Å². The lowest BCUT2D eigenvalue weighted by Gasteiger charge is -2.20. The fourth-order valence-electron chi connectivity index (χ4n) is 1.51. The van der Waals surface area contributed by atoms with E-state index < -0.39 is 36.4 Å². The molecule has 0 saturated carbocycles. The van der Waals surface area contributed by atoms with E-state index in [1.54, 1.807) is 0 Å². The second kappa shape index (κ2) is 9.27. The molecule has 0 fully saturated rings. The first kappa shape index (κ1) is 18.3. The topological polar surface area (TPSA) is 141 Å². The second-order valence-electron chi connectivity index (χ2n) is 4.44. The van der Waals surface area contributed by atoms with Gasteiger partial charge in [0, 0.05) is 6.61 Å². The Hall–Kier alpha value is -1.67. The highest BCUT2D eigenvalue weighted by Gasteiger charge is 2.41. The molecule has 0 saturated heterocycles. The van der Waals surface area contributed by atoms with Crippen molar-refractivity contribution in [2.24, 2.45) is 0 Å². The zero-order valence-electron chi connectivity index (χ0n) is 11.1. The van der Waals surface area contributed by atoms with Crippen LogP contribution in [0.15, 0.2) is 0 Å². The SMILES string of the molecule is O=C(O)CC(O)(CC(=O)OCCCCCCO)C(=O)O. The lowest BCUT2D eigenvalue weighted by molar-refractivity contribution is -0.172. The maximum absolute atomic E-state index is 11.4. The van der Waals surface area contributed by atoms with Gasteiger partial charge >= 0.3 is 17.9 Å². The lowest BCUT2D eigenvalue weighted by Crippen LogP contribution is -2.43. The summed E-state index contributed by atoms with van der Waals surface area (Å²) in [7, 11) is 0. The van der Waals surface area contributed by atoms with Gasteiger partial charge < -0.3 is 25.2 Å². The molecule has 8 nitrogen and oxygen atoms in total. The average Bonchev–Trinajstić information content (AvgIpc) is 2.32. The molecule has 1 atom stereocenters. The van der Waals surface area contributed by atoms with E-state index >= 15 is 0 Å². The summed E-state index contributed by atoms with van der Waals surface area (Å²) in [5.74, 6) is -4.26. The molecule has 0 aromatic heterocycles. The van der Waals surface area contributed by atoms with E-state index in [-0.39, 0.29) is 13.2 Å². The summed E-state index contributed by atoms with van der Waals surface area (Å²) in [5, 5.41) is 35.4. The minimum absolute atomic E-state index is 0.0625. The molecule has 1 unspecified atom stereocenters. The fourth-order valence-corrected chi connectivity index (χ4v) is 1.51. The van der Waals surface area contributed by atoms with Crippen LogP contribution < -0.4 is 0 Å². The number of carboxylic acid groups (broad SMARTS) is 2. The van der Waals surface area contributed by atoms with Crippen molar-refractivity contribution in [2.75, 3.05) is 13.2 Å². The van der Waals surface area contributed by atoms with Gasteiger partial charge in [0.25, 0.3) is 0 Å². The standard InChI is InChI=1S/C12H20O8/c13-5-3-1-2-4-6-20-10(16)8-12(19,11(17)18)7-9(14)15/h13,19H,1-8H2,(H,14,15)(H,17,18). The van der Waals surface area contributed by atoms with Crippen molar-refractivity contribution in [1.29, 1.82) is 0 Å². The molecule has 0 spiro atoms. The minimum Gasteiger partial charge on any atom is -0.481 e. The summed E-state index contributed by atoms with van der Waals surface area (Å²) in [5.41, 5.74) is -2.65. The van der Waals surface area contributed by atoms with E-state index in [4.69, 9.17) is 20.1 Å². The number of aliphatic hydroxyl groups excluding tert-OH is 1. The first-order chi connectivity index (χ1) is 9.31. The Morgan fingerprint density at radius 1 is 0.950 bits per heavy atom. The van der Waals surface area contributed by atoms with E-state index in [0.29, 0.717) is 12.8 Å². The van der Waals surface area contributed by atoms with Crippen LogP contribution in [0.1, 0.15) is 38.5 Å². The number of aliphatic hydroxyl groups is 2. The first-order valence-electron chi connectivity index (χ1n) is 6.26. The van der Waals surface area contributed by atoms with Crippen molar-refractivity contribution < 1.29 is 39.5 Å². The van der Waals surface area contributed by atoms with Crippen LogP contribution in [0.4, 0.5) is 0 Å². The Balaban J connectivity index is 4.08. The number of aliphatic carboxylic acids is 2. The third-order valence-electron chi connectivity index (χ3n) is 2.59. The summed E-state index contributed by atoms with van der Waals surface area (Å²) in [4.78, 5) is 32.6. The number of esters is 1. The Bertz CT molecular complexity index is 340. The molecule has 0 bridgehead atoms. The van der Waals surface area contributed by atoms with E-state index in [9.17, 15) is 19.5 Å². The number of carboxylic acids is 2. The smallest absolute Gasteiger partial charge is 0.336 e. The van der Waals surface area contributed by atoms with Gasteiger partial charge in [-0.1, -0.05) is 6.42 Å². The molecule has 0 aliphatic carbocycles. The second-order valence-corrected chi connectivity index (χ2v) is 4.44. The monoisotopic (exact) mass is 292 g/mol. The number of unbranched alkanes of at least 4 members (excludes halogenated alkanes) is 3. The number of rotatable bonds is 11. The van der Waals surface area contributed by atoms with E-state index in [1.807, 2.05) is 0 Å². The minimum atomic E-state index is -2.65. The molecular formula is C12H20O8. The highest BCUT2D eigenvalue weighted by atomic mass is 16.5. The molecule has 0 aromatic rings. The van der Waals surface area contributed by atoms with Gasteiger partial charge in [0.1, 0.15) is 0 Å². The molecule has 0 amide bonds. The number of ether oxygens (including phenoxy) is 1. The van der Waals surface area contributed by atoms with Crippen molar-refractivity contribution in [1.82, 2.24) is 0 Å². The predicted octanol–water partition coefficient (Wildman–Crippen LogP) is -0.237. The number of hydrogen-bond acceptors (Lipinski definition) is 6. The molecule has 0 aliphatic heterocycles. The van der Waals surface area contributed by atoms with Crippen molar-refractivity contribution >= 4 is 17.9 Å². The van der Waals surface area contributed by atoms with Gasteiger partial charge in [0.05, 0.1) is 19.4 Å². The van der Waals surface area contributed by atoms with E-state index in [1.165, 1.54) is 0 Å². The third kappa shape index (κ3) is 7.70. The molecule has 0 aliphatic rings. The molecule has 0 radical (unpaired) electrons. The van der Waals surface area contributed by atoms with E-state index in [0.717, 1.165) is 12.8 Å². The van der Waals surface area contributed by atoms with E-state index in [2.05, 4.69) is 0 Å². The Morgan fingerprint density at radius 2 is 1.55 bits per heavy atom. The summed E-state index contributed by atoms with van der Waals surface area (Å²) >= 11 is 0. The maximum atomic E-state index is 11.4. The van der Waals surface area contributed by atoms with Crippen LogP contribution in [0.3, 0.4) is 0 Å². The highest BCUT2D eigenvalue weighted by Crippen LogP contribution is 2.17. The van der Waals surface area contributed by atoms with Crippen LogP contribution in [0, 0.1) is 0 Å². The zero-order valence-corrected chi connectivity index (χ0v) is 11.1. The Labute approximate surface area is 116 Å². The van der Waals surface area contributed by atoms with Gasteiger partial charge in [-0.15, -0.1) is 0 Å². The number of carbonyl (C=O) groups excluding carboxylic acids is 1. The molecular weight excluding hydrogens is 272 g/mol. The van der Waals surface area contributed by atoms with Crippen LogP contribution in [0.5, 0.6) is 0 Å². The normalized spacial score (nSPS) is 13.5. The first-order valence-corrected chi connectivity index (χ1v) is 6.26. The third-order valence-corrected chi connectivity index (χ3v) is 2.59. The van der Waals surface area contributed by atoms with Crippen LogP contribution >= 0.6 is 0 Å². The lowest BCUT2D eigenvalue weighted by atomic mass is 9.96. The molecule has 4 N–H and O–H groups in total. The van der Waals surface area contributed by atoms with Crippen LogP contribution in [0.25, 0.3) is 0 Å². The van der Waals surface area contributed by atoms with Gasteiger partial charge in [0.2, 0.25) is 0 Å². The van der Waals surface area contributed by atoms with Gasteiger partial charge in [-0.3, -0.25) is 9.59 Å². The van der Waals surface area contributed by atoms with Crippen molar-refractivity contribution in [3.8, 4) is 0 Å². The van der Waals surface area contributed by atoms with Crippen molar-refractivity contribution in [3.05, 3.63) is 0 Å². The molecule has 0 rings (SSSR count). The van der Waals surface area contributed by atoms with Gasteiger partial charge in [-0.25, -0.2) is 4.79 Å². The molecule has 20 heavy (non-hydrogen) atoms. The molecule has 0 heterocycles. The molecule has 8 heteroatoms. The van der Waals surface area contributed by atoms with Crippen molar-refractivity contribution in [2.45, 2.75) is 44.1 Å². The Morgan fingerprint density at radius 3 is 2.05 bits per heavy atom. The summed E-state index contributed by atoms with van der Waals surface area (Å²) in [6, 6.07) is 0. The summed E-state index contributed by atoms with van der Waals surface area (Å²) < 4.78 is 4.73. The fraction of sp³-hybridized carbons (Fsp3) is 0.750. The van der Waals surface area contributed by atoms with Gasteiger partial charge in [0.15, 0.2) is 5.60 Å². The van der Waals surface area contributed by atoms with Crippen molar-refractivity contribution in [3.63, 3.8) is 0 Å². The largest absolute Gasteiger partial charge is 0.481 e. The van der Waals surface area contributed by atoms with Gasteiger partial charge in [-0.2, -0.15) is 0 Å². The maximum Gasteiger partial charge on any atom is 0.336 e. The number of hydrogen-bond donors (Lipinski definition) is 4. The predicted molar refractivity (Wildman–Crippen MR) is 66.0 cm³/mol. The number of carbonyl (C=O) groups is 3. The summed E-state index contributed by atoms with van der Waals surface area (Å²) in [6.07, 6.45) is 0.749. The summed E-state index contributed by atoms with van der Waals surface area (Å²) in [6.45, 7) is 0.160. The zero-order chi connectivity index (χ0) is 15.6.